The molecule has 6 nitrogen and oxygen atoms in total. The number of carboxylic acid groups (broad SMARTS) is 1. The number of benzene rings is 1. The second-order valence-electron chi connectivity index (χ2n) is 5.44. The van der Waals surface area contributed by atoms with Gasteiger partial charge in [0.1, 0.15) is 0 Å². The highest BCUT2D eigenvalue weighted by Gasteiger charge is 2.23. The van der Waals surface area contributed by atoms with Crippen molar-refractivity contribution >= 4 is 5.97 Å². The molecule has 0 fully saturated rings. The zero-order valence-corrected chi connectivity index (χ0v) is 12.1. The van der Waals surface area contributed by atoms with Gasteiger partial charge in [-0.2, -0.15) is 0 Å². The van der Waals surface area contributed by atoms with Gasteiger partial charge in [0.2, 0.25) is 0 Å². The van der Waals surface area contributed by atoms with Crippen molar-refractivity contribution in [1.82, 2.24) is 20.3 Å². The number of hydrogen-bond acceptors (Lipinski definition) is 4. The van der Waals surface area contributed by atoms with Gasteiger partial charge in [0.15, 0.2) is 0 Å². The molecule has 2 N–H and O–H groups in total. The van der Waals surface area contributed by atoms with Crippen LogP contribution in [0.2, 0.25) is 0 Å². The van der Waals surface area contributed by atoms with E-state index in [2.05, 4.69) is 21.7 Å². The summed E-state index contributed by atoms with van der Waals surface area (Å²) in [6.45, 7) is 0.707. The van der Waals surface area contributed by atoms with E-state index in [0.717, 1.165) is 11.3 Å². The summed E-state index contributed by atoms with van der Waals surface area (Å²) >= 11 is 0. The monoisotopic (exact) mass is 298 g/mol. The summed E-state index contributed by atoms with van der Waals surface area (Å²) < 4.78 is 1.71. The van der Waals surface area contributed by atoms with Crippen molar-refractivity contribution in [2.75, 3.05) is 0 Å². The summed E-state index contributed by atoms with van der Waals surface area (Å²) in [4.78, 5) is 11.0. The molecule has 2 atom stereocenters. The van der Waals surface area contributed by atoms with Gasteiger partial charge >= 0.3 is 5.97 Å². The van der Waals surface area contributed by atoms with E-state index in [1.807, 2.05) is 30.3 Å². The lowest BCUT2D eigenvalue weighted by molar-refractivity contribution is -0.142. The molecule has 0 bridgehead atoms. The normalized spacial score (nSPS) is 20.9. The van der Waals surface area contributed by atoms with E-state index >= 15 is 0 Å². The van der Waals surface area contributed by atoms with Crippen LogP contribution in [0, 0.1) is 5.92 Å². The minimum Gasteiger partial charge on any atom is -0.481 e. The molecule has 0 saturated heterocycles. The lowest BCUT2D eigenvalue weighted by atomic mass is 9.91. The summed E-state index contributed by atoms with van der Waals surface area (Å²) in [6.07, 6.45) is 8.72. The standard InChI is InChI=1S/C16H18N4O2/c21-16(22)13-2-1-3-14(10-13)17-11-12-4-6-15(7-5-12)20-9-8-18-19-20/h1,3-9,13-14,17H,2,10-11H2,(H,21,22)/t13-,14-/m1/s1. The molecular formula is C16H18N4O2. The lowest BCUT2D eigenvalue weighted by Crippen LogP contribution is -2.33. The first kappa shape index (κ1) is 14.5. The van der Waals surface area contributed by atoms with Gasteiger partial charge in [0.05, 0.1) is 24.0 Å². The van der Waals surface area contributed by atoms with Crippen molar-refractivity contribution in [2.45, 2.75) is 25.4 Å². The van der Waals surface area contributed by atoms with Crippen LogP contribution in [0.3, 0.4) is 0 Å². The molecule has 0 unspecified atom stereocenters. The van der Waals surface area contributed by atoms with E-state index in [0.29, 0.717) is 19.4 Å². The Morgan fingerprint density at radius 3 is 2.86 bits per heavy atom. The number of nitrogens with zero attached hydrogens (tertiary/aromatic N) is 3. The molecule has 0 aliphatic heterocycles. The summed E-state index contributed by atoms with van der Waals surface area (Å²) in [6, 6.07) is 8.16. The van der Waals surface area contributed by atoms with E-state index in [1.54, 1.807) is 17.1 Å². The Bertz CT molecular complexity index is 649. The van der Waals surface area contributed by atoms with E-state index in [4.69, 9.17) is 5.11 Å². The number of carboxylic acids is 1. The third kappa shape index (κ3) is 3.40. The van der Waals surface area contributed by atoms with E-state index < -0.39 is 5.97 Å². The Morgan fingerprint density at radius 2 is 2.18 bits per heavy atom. The van der Waals surface area contributed by atoms with Crippen LogP contribution in [0.1, 0.15) is 18.4 Å². The molecule has 0 saturated carbocycles. The zero-order valence-electron chi connectivity index (χ0n) is 12.1. The largest absolute Gasteiger partial charge is 0.481 e. The SMILES string of the molecule is O=C(O)[C@@H]1CC=C[C@@H](NCc2ccc(-n3ccnn3)cc2)C1. The minimum atomic E-state index is -0.715. The van der Waals surface area contributed by atoms with Crippen LogP contribution in [0.15, 0.2) is 48.8 Å². The Morgan fingerprint density at radius 1 is 1.36 bits per heavy atom. The van der Waals surface area contributed by atoms with Crippen LogP contribution >= 0.6 is 0 Å². The van der Waals surface area contributed by atoms with Gasteiger partial charge in [-0.1, -0.05) is 29.5 Å². The zero-order chi connectivity index (χ0) is 15.4. The van der Waals surface area contributed by atoms with Crippen molar-refractivity contribution in [1.29, 1.82) is 0 Å². The number of aromatic nitrogens is 3. The Labute approximate surface area is 128 Å². The van der Waals surface area contributed by atoms with Crippen molar-refractivity contribution in [3.8, 4) is 5.69 Å². The molecule has 0 spiro atoms. The maximum Gasteiger partial charge on any atom is 0.306 e. The molecule has 6 heteroatoms. The van der Waals surface area contributed by atoms with E-state index in [9.17, 15) is 4.79 Å². The molecule has 1 aliphatic carbocycles. The summed E-state index contributed by atoms with van der Waals surface area (Å²) in [5.74, 6) is -0.995. The first-order valence-electron chi connectivity index (χ1n) is 7.31. The van der Waals surface area contributed by atoms with Crippen LogP contribution in [-0.4, -0.2) is 32.1 Å². The predicted octanol–water partition coefficient (Wildman–Crippen LogP) is 1.78. The highest BCUT2D eigenvalue weighted by Crippen LogP contribution is 2.19. The van der Waals surface area contributed by atoms with Crippen LogP contribution in [0.4, 0.5) is 0 Å². The molecule has 22 heavy (non-hydrogen) atoms. The first-order chi connectivity index (χ1) is 10.7. The summed E-state index contributed by atoms with van der Waals surface area (Å²) in [5, 5.41) is 20.2. The highest BCUT2D eigenvalue weighted by molar-refractivity contribution is 5.70. The summed E-state index contributed by atoms with van der Waals surface area (Å²) in [7, 11) is 0. The maximum absolute atomic E-state index is 11.0. The minimum absolute atomic E-state index is 0.116. The number of rotatable bonds is 5. The van der Waals surface area contributed by atoms with Gasteiger partial charge in [-0.25, -0.2) is 4.68 Å². The van der Waals surface area contributed by atoms with Gasteiger partial charge in [-0.05, 0) is 30.5 Å². The first-order valence-corrected chi connectivity index (χ1v) is 7.31. The third-order valence-electron chi connectivity index (χ3n) is 3.87. The third-order valence-corrected chi connectivity index (χ3v) is 3.87. The molecule has 114 valence electrons. The van der Waals surface area contributed by atoms with Crippen molar-refractivity contribution in [2.24, 2.45) is 5.92 Å². The molecule has 1 aliphatic rings. The second-order valence-corrected chi connectivity index (χ2v) is 5.44. The quantitative estimate of drug-likeness (QED) is 0.822. The molecule has 0 radical (unpaired) electrons. The molecule has 1 aromatic carbocycles. The van der Waals surface area contributed by atoms with Crippen LogP contribution < -0.4 is 5.32 Å². The van der Waals surface area contributed by atoms with Gasteiger partial charge in [-0.3, -0.25) is 4.79 Å². The number of nitrogens with one attached hydrogen (secondary N) is 1. The fraction of sp³-hybridized carbons (Fsp3) is 0.312. The highest BCUT2D eigenvalue weighted by atomic mass is 16.4. The molecular weight excluding hydrogens is 280 g/mol. The van der Waals surface area contributed by atoms with Crippen LogP contribution in [-0.2, 0) is 11.3 Å². The number of allylic oxidation sites excluding steroid dienone is 1. The smallest absolute Gasteiger partial charge is 0.306 e. The van der Waals surface area contributed by atoms with Crippen LogP contribution in [0.25, 0.3) is 5.69 Å². The Balaban J connectivity index is 1.57. The van der Waals surface area contributed by atoms with Gasteiger partial charge in [-0.15, -0.1) is 5.10 Å². The average Bonchev–Trinajstić information content (AvgIpc) is 3.08. The van der Waals surface area contributed by atoms with Crippen molar-refractivity contribution in [3.05, 3.63) is 54.4 Å². The van der Waals surface area contributed by atoms with Crippen LogP contribution in [0.5, 0.6) is 0 Å². The maximum atomic E-state index is 11.0. The van der Waals surface area contributed by atoms with E-state index in [1.165, 1.54) is 0 Å². The molecule has 2 aromatic rings. The Kier molecular flexibility index (Phi) is 4.29. The van der Waals surface area contributed by atoms with Gasteiger partial charge < -0.3 is 10.4 Å². The van der Waals surface area contributed by atoms with Gasteiger partial charge in [0.25, 0.3) is 0 Å². The lowest BCUT2D eigenvalue weighted by Gasteiger charge is -2.23. The Hall–Kier alpha value is -2.47. The van der Waals surface area contributed by atoms with Crippen molar-refractivity contribution < 1.29 is 9.90 Å². The fourth-order valence-electron chi connectivity index (χ4n) is 2.60. The number of carbonyl (C=O) groups is 1. The van der Waals surface area contributed by atoms with Crippen molar-refractivity contribution in [3.63, 3.8) is 0 Å². The fourth-order valence-corrected chi connectivity index (χ4v) is 2.60. The van der Waals surface area contributed by atoms with Gasteiger partial charge in [0, 0.05) is 12.6 Å². The number of hydrogen-bond donors (Lipinski definition) is 2. The topological polar surface area (TPSA) is 80.0 Å². The molecule has 1 aromatic heterocycles. The molecule has 0 amide bonds. The average molecular weight is 298 g/mol. The molecule has 3 rings (SSSR count). The summed E-state index contributed by atoms with van der Waals surface area (Å²) in [5.41, 5.74) is 2.11. The molecule has 1 heterocycles. The predicted molar refractivity (Wildman–Crippen MR) is 81.5 cm³/mol. The number of aliphatic carboxylic acids is 1. The second kappa shape index (κ2) is 6.53. The van der Waals surface area contributed by atoms with E-state index in [-0.39, 0.29) is 12.0 Å².